The average Bonchev–Trinajstić information content (AvgIpc) is 3.10. The van der Waals surface area contributed by atoms with E-state index in [0.29, 0.717) is 26.3 Å². The predicted octanol–water partition coefficient (Wildman–Crippen LogP) is 6.65. The number of piperidine rings is 1. The van der Waals surface area contributed by atoms with Gasteiger partial charge in [0, 0.05) is 48.4 Å². The van der Waals surface area contributed by atoms with Gasteiger partial charge in [0.25, 0.3) is 5.91 Å². The monoisotopic (exact) mass is 734 g/mol. The van der Waals surface area contributed by atoms with Crippen molar-refractivity contribution in [1.29, 1.82) is 0 Å². The normalized spacial score (nSPS) is 17.8. The number of benzene rings is 3. The zero-order chi connectivity index (χ0) is 36.6. The Morgan fingerprint density at radius 3 is 2.24 bits per heavy atom. The Labute approximate surface area is 291 Å². The van der Waals surface area contributed by atoms with Crippen LogP contribution >= 0.6 is 0 Å². The standard InChI is InChI=1S/C36H36F6N4O4S/c1-51(48,49)27-10-11-28-30(21-27)43-32(24-8-5-9-25(20-24)35(37,38)39)29(22-45-14-12-26(13-15-45)46-16-18-50-19-17-46)31(28)34(47)44-33(36(40,41)42)23-6-3-2-4-7-23/h2-11,20-21,26,33H,12-19,22H2,1H3,(H,44,47). The van der Waals surface area contributed by atoms with Gasteiger partial charge in [-0.25, -0.2) is 13.4 Å². The highest BCUT2D eigenvalue weighted by molar-refractivity contribution is 7.90. The van der Waals surface area contributed by atoms with Crippen LogP contribution in [0.2, 0.25) is 0 Å². The summed E-state index contributed by atoms with van der Waals surface area (Å²) < 4.78 is 116. The van der Waals surface area contributed by atoms with Gasteiger partial charge in [0.1, 0.15) is 0 Å². The first-order valence-electron chi connectivity index (χ1n) is 16.4. The minimum atomic E-state index is -4.91. The van der Waals surface area contributed by atoms with Gasteiger partial charge >= 0.3 is 12.4 Å². The van der Waals surface area contributed by atoms with Crippen molar-refractivity contribution in [2.45, 2.75) is 48.7 Å². The number of carbonyl (C=O) groups is 1. The number of halogens is 6. The zero-order valence-corrected chi connectivity index (χ0v) is 28.4. The van der Waals surface area contributed by atoms with Gasteiger partial charge in [0.15, 0.2) is 15.9 Å². The highest BCUT2D eigenvalue weighted by atomic mass is 32.2. The summed E-state index contributed by atoms with van der Waals surface area (Å²) in [5.74, 6) is -1.13. The lowest BCUT2D eigenvalue weighted by atomic mass is 9.93. The Bertz CT molecular complexity index is 1990. The summed E-state index contributed by atoms with van der Waals surface area (Å²) in [4.78, 5) is 23.2. The Kier molecular flexibility index (Phi) is 10.5. The van der Waals surface area contributed by atoms with Gasteiger partial charge in [-0.15, -0.1) is 0 Å². The maximum absolute atomic E-state index is 14.5. The van der Waals surface area contributed by atoms with E-state index in [0.717, 1.165) is 44.3 Å². The second-order valence-electron chi connectivity index (χ2n) is 12.9. The lowest BCUT2D eigenvalue weighted by molar-refractivity contribution is -0.155. The molecule has 2 aliphatic rings. The summed E-state index contributed by atoms with van der Waals surface area (Å²) in [6, 6.07) is 12.7. The molecule has 3 aromatic carbocycles. The second kappa shape index (κ2) is 14.5. The number of alkyl halides is 6. The van der Waals surface area contributed by atoms with Crippen LogP contribution in [0.5, 0.6) is 0 Å². The number of fused-ring (bicyclic) bond motifs is 1. The molecule has 1 N–H and O–H groups in total. The molecule has 1 amide bonds. The molecule has 272 valence electrons. The van der Waals surface area contributed by atoms with Crippen LogP contribution < -0.4 is 5.32 Å². The SMILES string of the molecule is CS(=O)(=O)c1ccc2c(C(=O)NC(c3ccccc3)C(F)(F)F)c(CN3CCC(N4CCOCC4)CC3)c(-c3cccc(C(F)(F)F)c3)nc2c1. The van der Waals surface area contributed by atoms with Gasteiger partial charge < -0.3 is 10.1 Å². The Morgan fingerprint density at radius 2 is 1.61 bits per heavy atom. The molecule has 15 heteroatoms. The van der Waals surface area contributed by atoms with Crippen LogP contribution in [-0.4, -0.2) is 87.0 Å². The Morgan fingerprint density at radius 1 is 0.922 bits per heavy atom. The third-order valence-electron chi connectivity index (χ3n) is 9.41. The zero-order valence-electron chi connectivity index (χ0n) is 27.6. The molecule has 0 bridgehead atoms. The number of hydrogen-bond acceptors (Lipinski definition) is 7. The maximum Gasteiger partial charge on any atom is 0.416 e. The van der Waals surface area contributed by atoms with Crippen molar-refractivity contribution in [3.63, 3.8) is 0 Å². The minimum Gasteiger partial charge on any atom is -0.379 e. The molecule has 6 rings (SSSR count). The predicted molar refractivity (Wildman–Crippen MR) is 179 cm³/mol. The van der Waals surface area contributed by atoms with E-state index in [1.165, 1.54) is 60.7 Å². The number of hydrogen-bond donors (Lipinski definition) is 1. The van der Waals surface area contributed by atoms with Crippen LogP contribution in [0, 0.1) is 0 Å². The smallest absolute Gasteiger partial charge is 0.379 e. The molecule has 51 heavy (non-hydrogen) atoms. The van der Waals surface area contributed by atoms with Crippen molar-refractivity contribution in [2.75, 3.05) is 45.6 Å². The summed E-state index contributed by atoms with van der Waals surface area (Å²) in [6.07, 6.45) is -7.17. The van der Waals surface area contributed by atoms with E-state index >= 15 is 0 Å². The molecule has 2 fully saturated rings. The molecular formula is C36H36F6N4O4S. The first-order valence-corrected chi connectivity index (χ1v) is 18.3. The number of amides is 1. The van der Waals surface area contributed by atoms with Crippen LogP contribution in [0.15, 0.2) is 77.7 Å². The summed E-state index contributed by atoms with van der Waals surface area (Å²) >= 11 is 0. The van der Waals surface area contributed by atoms with Crippen molar-refractivity contribution in [2.24, 2.45) is 0 Å². The molecule has 2 saturated heterocycles. The number of carbonyl (C=O) groups excluding carboxylic acids is 1. The van der Waals surface area contributed by atoms with Crippen LogP contribution in [-0.2, 0) is 27.3 Å². The summed E-state index contributed by atoms with van der Waals surface area (Å²) in [6.45, 7) is 3.93. The van der Waals surface area contributed by atoms with Gasteiger partial charge in [-0.05, 0) is 55.8 Å². The van der Waals surface area contributed by atoms with Gasteiger partial charge in [-0.1, -0.05) is 48.5 Å². The first-order chi connectivity index (χ1) is 24.1. The van der Waals surface area contributed by atoms with Crippen LogP contribution in [0.4, 0.5) is 26.3 Å². The Balaban J connectivity index is 1.51. The number of morpholine rings is 1. The molecular weight excluding hydrogens is 698 g/mol. The van der Waals surface area contributed by atoms with E-state index in [4.69, 9.17) is 4.74 Å². The third-order valence-corrected chi connectivity index (χ3v) is 10.5. The molecule has 0 radical (unpaired) electrons. The minimum absolute atomic E-state index is 0.0110. The third kappa shape index (κ3) is 8.37. The van der Waals surface area contributed by atoms with Crippen LogP contribution in [0.1, 0.15) is 45.9 Å². The topological polar surface area (TPSA) is 91.8 Å². The first kappa shape index (κ1) is 36.7. The van der Waals surface area contributed by atoms with E-state index < -0.39 is 39.7 Å². The van der Waals surface area contributed by atoms with Crippen molar-refractivity contribution >= 4 is 26.6 Å². The quantitative estimate of drug-likeness (QED) is 0.203. The number of nitrogens with one attached hydrogen (secondary N) is 1. The average molecular weight is 735 g/mol. The largest absolute Gasteiger partial charge is 0.416 e. The number of nitrogens with zero attached hydrogens (tertiary/aromatic N) is 3. The number of aromatic nitrogens is 1. The molecule has 4 aromatic rings. The van der Waals surface area contributed by atoms with Gasteiger partial charge in [0.05, 0.1) is 40.4 Å². The molecule has 2 aliphatic heterocycles. The molecule has 1 unspecified atom stereocenters. The van der Waals surface area contributed by atoms with Gasteiger partial charge in [-0.3, -0.25) is 14.6 Å². The fourth-order valence-electron chi connectivity index (χ4n) is 6.82. The number of ether oxygens (including phenoxy) is 1. The van der Waals surface area contributed by atoms with Crippen molar-refractivity contribution in [3.05, 3.63) is 95.1 Å². The fraction of sp³-hybridized carbons (Fsp3) is 0.389. The second-order valence-corrected chi connectivity index (χ2v) is 14.9. The molecule has 1 atom stereocenters. The van der Waals surface area contributed by atoms with E-state index in [2.05, 4.69) is 15.2 Å². The van der Waals surface area contributed by atoms with E-state index in [1.54, 1.807) is 0 Å². The maximum atomic E-state index is 14.5. The highest BCUT2D eigenvalue weighted by Crippen LogP contribution is 2.38. The van der Waals surface area contributed by atoms with Gasteiger partial charge in [0.2, 0.25) is 0 Å². The summed E-state index contributed by atoms with van der Waals surface area (Å²) in [5, 5.41) is 2.20. The van der Waals surface area contributed by atoms with E-state index in [-0.39, 0.29) is 56.3 Å². The van der Waals surface area contributed by atoms with Crippen LogP contribution in [0.25, 0.3) is 22.2 Å². The molecule has 0 saturated carbocycles. The lowest BCUT2D eigenvalue weighted by Crippen LogP contribution is -2.48. The number of likely N-dealkylation sites (tertiary alicyclic amines) is 1. The van der Waals surface area contributed by atoms with Crippen molar-refractivity contribution in [3.8, 4) is 11.3 Å². The van der Waals surface area contributed by atoms with E-state index in [9.17, 15) is 39.6 Å². The number of pyridine rings is 1. The molecule has 0 spiro atoms. The highest BCUT2D eigenvalue weighted by Gasteiger charge is 2.43. The lowest BCUT2D eigenvalue weighted by Gasteiger charge is -2.40. The molecule has 1 aromatic heterocycles. The van der Waals surface area contributed by atoms with Crippen LogP contribution in [0.3, 0.4) is 0 Å². The van der Waals surface area contributed by atoms with Gasteiger partial charge in [-0.2, -0.15) is 26.3 Å². The number of sulfone groups is 1. The van der Waals surface area contributed by atoms with Crippen molar-refractivity contribution < 1.29 is 44.3 Å². The molecule has 8 nitrogen and oxygen atoms in total. The number of rotatable bonds is 8. The van der Waals surface area contributed by atoms with E-state index in [1.807, 2.05) is 4.90 Å². The summed E-state index contributed by atoms with van der Waals surface area (Å²) in [5.41, 5.74) is -1.48. The Hall–Kier alpha value is -4.05. The van der Waals surface area contributed by atoms with Crippen molar-refractivity contribution in [1.82, 2.24) is 20.1 Å². The summed E-state index contributed by atoms with van der Waals surface area (Å²) in [7, 11) is -3.81. The molecule has 3 heterocycles. The fourth-order valence-corrected chi connectivity index (χ4v) is 7.46. The molecule has 0 aliphatic carbocycles.